The standard InChI is InChI=1S/C14H20N2O/c15-14(17)12-8-4-5-9-13(12)16-10-11-6-2-1-3-7-11/h1-3,6-7,12-13,16H,4-5,8-10H2,(H2,15,17)/t12-,13+/m1/s1. The van der Waals surface area contributed by atoms with Crippen molar-refractivity contribution < 1.29 is 4.79 Å². The fourth-order valence-corrected chi connectivity index (χ4v) is 2.56. The molecule has 1 fully saturated rings. The van der Waals surface area contributed by atoms with E-state index in [1.165, 1.54) is 12.0 Å². The van der Waals surface area contributed by atoms with Gasteiger partial charge in [0, 0.05) is 12.6 Å². The van der Waals surface area contributed by atoms with Crippen LogP contribution in [-0.4, -0.2) is 11.9 Å². The summed E-state index contributed by atoms with van der Waals surface area (Å²) in [5.74, 6) is -0.150. The molecule has 92 valence electrons. The van der Waals surface area contributed by atoms with Crippen LogP contribution in [0.3, 0.4) is 0 Å². The van der Waals surface area contributed by atoms with E-state index in [0.717, 1.165) is 25.8 Å². The van der Waals surface area contributed by atoms with E-state index < -0.39 is 0 Å². The number of primary amides is 1. The lowest BCUT2D eigenvalue weighted by Crippen LogP contribution is -2.44. The van der Waals surface area contributed by atoms with Gasteiger partial charge in [-0.15, -0.1) is 0 Å². The topological polar surface area (TPSA) is 55.1 Å². The van der Waals surface area contributed by atoms with Crippen molar-refractivity contribution in [2.45, 2.75) is 38.3 Å². The summed E-state index contributed by atoms with van der Waals surface area (Å²) < 4.78 is 0. The van der Waals surface area contributed by atoms with Gasteiger partial charge >= 0.3 is 0 Å². The average molecular weight is 232 g/mol. The zero-order valence-corrected chi connectivity index (χ0v) is 10.1. The molecule has 1 aliphatic rings. The van der Waals surface area contributed by atoms with Crippen LogP contribution in [0.15, 0.2) is 30.3 Å². The third kappa shape index (κ3) is 3.30. The molecule has 2 rings (SSSR count). The van der Waals surface area contributed by atoms with Crippen molar-refractivity contribution in [1.29, 1.82) is 0 Å². The van der Waals surface area contributed by atoms with Gasteiger partial charge in [-0.3, -0.25) is 4.79 Å². The van der Waals surface area contributed by atoms with Gasteiger partial charge in [-0.05, 0) is 18.4 Å². The number of amides is 1. The SMILES string of the molecule is NC(=O)[C@@H]1CCCC[C@@H]1NCc1ccccc1. The molecule has 3 heteroatoms. The Balaban J connectivity index is 1.90. The summed E-state index contributed by atoms with van der Waals surface area (Å²) >= 11 is 0. The number of benzene rings is 1. The van der Waals surface area contributed by atoms with Crippen LogP contribution in [0.2, 0.25) is 0 Å². The first kappa shape index (κ1) is 12.1. The Labute approximate surface area is 102 Å². The number of nitrogens with one attached hydrogen (secondary N) is 1. The smallest absolute Gasteiger partial charge is 0.222 e. The van der Waals surface area contributed by atoms with Gasteiger partial charge in [0.05, 0.1) is 5.92 Å². The molecule has 3 N–H and O–H groups in total. The monoisotopic (exact) mass is 232 g/mol. The molecule has 1 amide bonds. The van der Waals surface area contributed by atoms with Gasteiger partial charge in [-0.25, -0.2) is 0 Å². The summed E-state index contributed by atoms with van der Waals surface area (Å²) in [6.45, 7) is 0.815. The molecular weight excluding hydrogens is 212 g/mol. The van der Waals surface area contributed by atoms with Gasteiger partial charge in [0.25, 0.3) is 0 Å². The highest BCUT2D eigenvalue weighted by atomic mass is 16.1. The Bertz CT molecular complexity index is 364. The van der Waals surface area contributed by atoms with Crippen molar-refractivity contribution in [3.05, 3.63) is 35.9 Å². The molecule has 1 aromatic carbocycles. The highest BCUT2D eigenvalue weighted by Crippen LogP contribution is 2.24. The second-order valence-corrected chi connectivity index (χ2v) is 4.77. The molecule has 2 atom stereocenters. The van der Waals surface area contributed by atoms with Gasteiger partial charge in [-0.1, -0.05) is 43.2 Å². The van der Waals surface area contributed by atoms with Crippen molar-refractivity contribution >= 4 is 5.91 Å². The highest BCUT2D eigenvalue weighted by molar-refractivity contribution is 5.77. The molecule has 0 radical (unpaired) electrons. The molecule has 0 aromatic heterocycles. The van der Waals surface area contributed by atoms with Crippen molar-refractivity contribution in [2.24, 2.45) is 11.7 Å². The lowest BCUT2D eigenvalue weighted by Gasteiger charge is -2.30. The van der Waals surface area contributed by atoms with Crippen LogP contribution in [0, 0.1) is 5.92 Å². The minimum Gasteiger partial charge on any atom is -0.369 e. The number of carbonyl (C=O) groups is 1. The molecule has 1 aromatic rings. The first-order chi connectivity index (χ1) is 8.27. The summed E-state index contributed by atoms with van der Waals surface area (Å²) in [5.41, 5.74) is 6.70. The molecule has 1 saturated carbocycles. The quantitative estimate of drug-likeness (QED) is 0.832. The molecule has 0 heterocycles. The van der Waals surface area contributed by atoms with E-state index in [1.54, 1.807) is 0 Å². The molecular formula is C14H20N2O. The summed E-state index contributed by atoms with van der Waals surface area (Å²) in [7, 11) is 0. The maximum Gasteiger partial charge on any atom is 0.222 e. The van der Waals surface area contributed by atoms with Crippen LogP contribution in [0.5, 0.6) is 0 Å². The van der Waals surface area contributed by atoms with Crippen LogP contribution in [0.4, 0.5) is 0 Å². The third-order valence-electron chi connectivity index (χ3n) is 3.54. The summed E-state index contributed by atoms with van der Waals surface area (Å²) in [5, 5.41) is 3.47. The zero-order valence-electron chi connectivity index (χ0n) is 10.1. The minimum absolute atomic E-state index is 0.00691. The number of nitrogens with two attached hydrogens (primary N) is 1. The van der Waals surface area contributed by atoms with E-state index in [-0.39, 0.29) is 17.9 Å². The van der Waals surface area contributed by atoms with Crippen molar-refractivity contribution in [3.8, 4) is 0 Å². The van der Waals surface area contributed by atoms with Gasteiger partial charge in [0.1, 0.15) is 0 Å². The maximum absolute atomic E-state index is 11.4. The van der Waals surface area contributed by atoms with Crippen molar-refractivity contribution in [2.75, 3.05) is 0 Å². The zero-order chi connectivity index (χ0) is 12.1. The van der Waals surface area contributed by atoms with E-state index in [9.17, 15) is 4.79 Å². The Morgan fingerprint density at radius 1 is 1.24 bits per heavy atom. The Morgan fingerprint density at radius 3 is 2.65 bits per heavy atom. The first-order valence-corrected chi connectivity index (χ1v) is 6.34. The fraction of sp³-hybridized carbons (Fsp3) is 0.500. The van der Waals surface area contributed by atoms with Gasteiger partial charge in [-0.2, -0.15) is 0 Å². The maximum atomic E-state index is 11.4. The first-order valence-electron chi connectivity index (χ1n) is 6.34. The number of hydrogen-bond donors (Lipinski definition) is 2. The lowest BCUT2D eigenvalue weighted by molar-refractivity contribution is -0.123. The molecule has 0 saturated heterocycles. The predicted octanol–water partition coefficient (Wildman–Crippen LogP) is 1.82. The van der Waals surface area contributed by atoms with E-state index in [1.807, 2.05) is 18.2 Å². The molecule has 0 spiro atoms. The van der Waals surface area contributed by atoms with E-state index in [4.69, 9.17) is 5.73 Å². The van der Waals surface area contributed by atoms with Gasteiger partial charge in [0.2, 0.25) is 5.91 Å². The minimum atomic E-state index is -0.157. The van der Waals surface area contributed by atoms with Crippen molar-refractivity contribution in [1.82, 2.24) is 5.32 Å². The lowest BCUT2D eigenvalue weighted by atomic mass is 9.84. The van der Waals surface area contributed by atoms with E-state index in [0.29, 0.717) is 0 Å². The Kier molecular flexibility index (Phi) is 4.15. The van der Waals surface area contributed by atoms with Crippen LogP contribution in [0.1, 0.15) is 31.2 Å². The molecule has 0 aliphatic heterocycles. The second kappa shape index (κ2) is 5.82. The van der Waals surface area contributed by atoms with Gasteiger partial charge in [0.15, 0.2) is 0 Å². The number of carbonyl (C=O) groups excluding carboxylic acids is 1. The number of rotatable bonds is 4. The Morgan fingerprint density at radius 2 is 1.94 bits per heavy atom. The van der Waals surface area contributed by atoms with Crippen LogP contribution in [-0.2, 0) is 11.3 Å². The van der Waals surface area contributed by atoms with Gasteiger partial charge < -0.3 is 11.1 Å². The highest BCUT2D eigenvalue weighted by Gasteiger charge is 2.28. The largest absolute Gasteiger partial charge is 0.369 e. The molecule has 0 unspecified atom stereocenters. The summed E-state index contributed by atoms with van der Waals surface area (Å²) in [6, 6.07) is 10.5. The summed E-state index contributed by atoms with van der Waals surface area (Å²) in [6.07, 6.45) is 4.30. The van der Waals surface area contributed by atoms with E-state index >= 15 is 0 Å². The molecule has 1 aliphatic carbocycles. The normalized spacial score (nSPS) is 24.5. The second-order valence-electron chi connectivity index (χ2n) is 4.77. The summed E-state index contributed by atoms with van der Waals surface area (Å²) in [4.78, 5) is 11.4. The van der Waals surface area contributed by atoms with E-state index in [2.05, 4.69) is 17.4 Å². The average Bonchev–Trinajstić information content (AvgIpc) is 2.38. The third-order valence-corrected chi connectivity index (χ3v) is 3.54. The molecule has 3 nitrogen and oxygen atoms in total. The fourth-order valence-electron chi connectivity index (χ4n) is 2.56. The number of hydrogen-bond acceptors (Lipinski definition) is 2. The predicted molar refractivity (Wildman–Crippen MR) is 68.2 cm³/mol. The van der Waals surface area contributed by atoms with Crippen LogP contribution < -0.4 is 11.1 Å². The molecule has 0 bridgehead atoms. The van der Waals surface area contributed by atoms with Crippen molar-refractivity contribution in [3.63, 3.8) is 0 Å². The van der Waals surface area contributed by atoms with Crippen LogP contribution >= 0.6 is 0 Å². The van der Waals surface area contributed by atoms with Crippen LogP contribution in [0.25, 0.3) is 0 Å². The Hall–Kier alpha value is -1.35. The molecule has 17 heavy (non-hydrogen) atoms.